The van der Waals surface area contributed by atoms with Crippen LogP contribution in [0.2, 0.25) is 0 Å². The van der Waals surface area contributed by atoms with E-state index in [1.54, 1.807) is 14.0 Å². The van der Waals surface area contributed by atoms with Crippen LogP contribution in [-0.4, -0.2) is 25.2 Å². The molecule has 2 rings (SSSR count). The monoisotopic (exact) mass is 301 g/mol. The Bertz CT molecular complexity index is 662. The van der Waals surface area contributed by atoms with E-state index < -0.39 is 5.60 Å². The predicted molar refractivity (Wildman–Crippen MR) is 89.5 cm³/mol. The SMILES string of the molecule is CCOc1ccc(NC(=O)[C@](C)(CC)OC)c2ccccc12. The molecule has 0 aliphatic carbocycles. The first-order chi connectivity index (χ1) is 10.6. The molecule has 0 radical (unpaired) electrons. The largest absolute Gasteiger partial charge is 0.493 e. The van der Waals surface area contributed by atoms with E-state index in [9.17, 15) is 4.79 Å². The molecule has 0 heterocycles. The molecule has 0 aromatic heterocycles. The van der Waals surface area contributed by atoms with E-state index in [1.165, 1.54) is 0 Å². The minimum absolute atomic E-state index is 0.146. The van der Waals surface area contributed by atoms with Crippen molar-refractivity contribution in [3.63, 3.8) is 0 Å². The number of methoxy groups -OCH3 is 1. The van der Waals surface area contributed by atoms with Crippen molar-refractivity contribution < 1.29 is 14.3 Å². The number of fused-ring (bicyclic) bond motifs is 1. The third-order valence-corrected chi connectivity index (χ3v) is 4.04. The number of rotatable bonds is 6. The number of anilines is 1. The van der Waals surface area contributed by atoms with E-state index in [0.29, 0.717) is 13.0 Å². The van der Waals surface area contributed by atoms with Gasteiger partial charge < -0.3 is 14.8 Å². The summed E-state index contributed by atoms with van der Waals surface area (Å²) in [5.41, 5.74) is -0.0690. The zero-order chi connectivity index (χ0) is 16.2. The Balaban J connectivity index is 2.41. The van der Waals surface area contributed by atoms with E-state index in [0.717, 1.165) is 22.2 Å². The molecule has 0 unspecified atom stereocenters. The van der Waals surface area contributed by atoms with Crippen LogP contribution in [0, 0.1) is 0 Å². The molecule has 0 aliphatic rings. The first-order valence-electron chi connectivity index (χ1n) is 7.57. The van der Waals surface area contributed by atoms with Crippen molar-refractivity contribution in [3.05, 3.63) is 36.4 Å². The van der Waals surface area contributed by atoms with Crippen LogP contribution in [0.1, 0.15) is 27.2 Å². The van der Waals surface area contributed by atoms with E-state index in [2.05, 4.69) is 5.32 Å². The van der Waals surface area contributed by atoms with Gasteiger partial charge in [0.15, 0.2) is 0 Å². The summed E-state index contributed by atoms with van der Waals surface area (Å²) in [5, 5.41) is 4.92. The Hall–Kier alpha value is -2.07. The highest BCUT2D eigenvalue weighted by Crippen LogP contribution is 2.32. The van der Waals surface area contributed by atoms with Crippen molar-refractivity contribution in [2.75, 3.05) is 19.0 Å². The van der Waals surface area contributed by atoms with Crippen LogP contribution in [0.15, 0.2) is 36.4 Å². The van der Waals surface area contributed by atoms with Gasteiger partial charge in [0.2, 0.25) is 0 Å². The molecule has 2 aromatic rings. The Morgan fingerprint density at radius 3 is 2.41 bits per heavy atom. The molecule has 0 bridgehead atoms. The fourth-order valence-electron chi connectivity index (χ4n) is 2.31. The maximum absolute atomic E-state index is 12.5. The summed E-state index contributed by atoms with van der Waals surface area (Å²) in [7, 11) is 1.55. The van der Waals surface area contributed by atoms with Crippen LogP contribution in [0.25, 0.3) is 10.8 Å². The molecule has 2 aromatic carbocycles. The average molecular weight is 301 g/mol. The maximum atomic E-state index is 12.5. The van der Waals surface area contributed by atoms with E-state index >= 15 is 0 Å². The highest BCUT2D eigenvalue weighted by Gasteiger charge is 2.31. The summed E-state index contributed by atoms with van der Waals surface area (Å²) in [6.45, 7) is 6.28. The van der Waals surface area contributed by atoms with Crippen molar-refractivity contribution in [1.82, 2.24) is 0 Å². The van der Waals surface area contributed by atoms with Gasteiger partial charge in [-0.3, -0.25) is 4.79 Å². The molecule has 1 atom stereocenters. The third-order valence-electron chi connectivity index (χ3n) is 4.04. The van der Waals surface area contributed by atoms with Crippen molar-refractivity contribution >= 4 is 22.4 Å². The van der Waals surface area contributed by atoms with Gasteiger partial charge in [-0.2, -0.15) is 0 Å². The molecule has 0 spiro atoms. The molecule has 4 nitrogen and oxygen atoms in total. The Morgan fingerprint density at radius 2 is 1.82 bits per heavy atom. The molecule has 4 heteroatoms. The van der Waals surface area contributed by atoms with Gasteiger partial charge in [-0.05, 0) is 32.4 Å². The van der Waals surface area contributed by atoms with Gasteiger partial charge >= 0.3 is 0 Å². The van der Waals surface area contributed by atoms with Crippen molar-refractivity contribution in [1.29, 1.82) is 0 Å². The lowest BCUT2D eigenvalue weighted by Crippen LogP contribution is -2.41. The van der Waals surface area contributed by atoms with Gasteiger partial charge in [-0.15, -0.1) is 0 Å². The standard InChI is InChI=1S/C18H23NO3/c1-5-18(3,21-4)17(20)19-15-11-12-16(22-6-2)14-10-8-7-9-13(14)15/h7-12H,5-6H2,1-4H3,(H,19,20)/t18-/m0/s1. The van der Waals surface area contributed by atoms with Crippen LogP contribution >= 0.6 is 0 Å². The molecule has 22 heavy (non-hydrogen) atoms. The Kier molecular flexibility index (Phi) is 5.03. The number of carbonyl (C=O) groups excluding carboxylic acids is 1. The van der Waals surface area contributed by atoms with Gasteiger partial charge in [0.1, 0.15) is 11.4 Å². The van der Waals surface area contributed by atoms with Crippen molar-refractivity contribution in [2.45, 2.75) is 32.8 Å². The fraction of sp³-hybridized carbons (Fsp3) is 0.389. The predicted octanol–water partition coefficient (Wildman–Crippen LogP) is 3.99. The van der Waals surface area contributed by atoms with Crippen LogP contribution in [0.4, 0.5) is 5.69 Å². The smallest absolute Gasteiger partial charge is 0.256 e. The molecule has 0 fully saturated rings. The minimum atomic E-state index is -0.834. The Labute approximate surface area is 131 Å². The number of benzene rings is 2. The van der Waals surface area contributed by atoms with Crippen LogP contribution in [-0.2, 0) is 9.53 Å². The number of carbonyl (C=O) groups is 1. The second-order valence-corrected chi connectivity index (χ2v) is 5.33. The topological polar surface area (TPSA) is 47.6 Å². The minimum Gasteiger partial charge on any atom is -0.493 e. The summed E-state index contributed by atoms with van der Waals surface area (Å²) < 4.78 is 11.0. The lowest BCUT2D eigenvalue weighted by Gasteiger charge is -2.25. The summed E-state index contributed by atoms with van der Waals surface area (Å²) in [5.74, 6) is 0.674. The number of nitrogens with one attached hydrogen (secondary N) is 1. The lowest BCUT2D eigenvalue weighted by atomic mass is 10.0. The highest BCUT2D eigenvalue weighted by atomic mass is 16.5. The number of hydrogen-bond acceptors (Lipinski definition) is 3. The number of ether oxygens (including phenoxy) is 2. The average Bonchev–Trinajstić information content (AvgIpc) is 2.56. The number of hydrogen-bond donors (Lipinski definition) is 1. The molecule has 1 amide bonds. The van der Waals surface area contributed by atoms with E-state index in [4.69, 9.17) is 9.47 Å². The molecule has 0 saturated carbocycles. The summed E-state index contributed by atoms with van der Waals surface area (Å²) in [6.07, 6.45) is 0.601. The maximum Gasteiger partial charge on any atom is 0.256 e. The van der Waals surface area contributed by atoms with Gasteiger partial charge in [0, 0.05) is 23.6 Å². The van der Waals surface area contributed by atoms with Crippen LogP contribution in [0.3, 0.4) is 0 Å². The van der Waals surface area contributed by atoms with Gasteiger partial charge in [-0.25, -0.2) is 0 Å². The fourth-order valence-corrected chi connectivity index (χ4v) is 2.31. The first kappa shape index (κ1) is 16.3. The van der Waals surface area contributed by atoms with Gasteiger partial charge in [-0.1, -0.05) is 31.2 Å². The van der Waals surface area contributed by atoms with Gasteiger partial charge in [0.05, 0.1) is 6.61 Å². The molecule has 0 saturated heterocycles. The molecule has 0 aliphatic heterocycles. The second kappa shape index (κ2) is 6.79. The van der Waals surface area contributed by atoms with E-state index in [1.807, 2.05) is 50.2 Å². The normalized spacial score (nSPS) is 13.6. The van der Waals surface area contributed by atoms with Crippen LogP contribution < -0.4 is 10.1 Å². The highest BCUT2D eigenvalue weighted by molar-refractivity contribution is 6.06. The molecular weight excluding hydrogens is 278 g/mol. The molecule has 1 N–H and O–H groups in total. The second-order valence-electron chi connectivity index (χ2n) is 5.33. The van der Waals surface area contributed by atoms with E-state index in [-0.39, 0.29) is 5.91 Å². The lowest BCUT2D eigenvalue weighted by molar-refractivity contribution is -0.136. The van der Waals surface area contributed by atoms with Crippen molar-refractivity contribution in [3.8, 4) is 5.75 Å². The van der Waals surface area contributed by atoms with Gasteiger partial charge in [0.25, 0.3) is 5.91 Å². The summed E-state index contributed by atoms with van der Waals surface area (Å²) in [4.78, 5) is 12.5. The Morgan fingerprint density at radius 1 is 1.14 bits per heavy atom. The first-order valence-corrected chi connectivity index (χ1v) is 7.57. The summed E-state index contributed by atoms with van der Waals surface area (Å²) in [6, 6.07) is 11.6. The molecule has 118 valence electrons. The van der Waals surface area contributed by atoms with Crippen LogP contribution in [0.5, 0.6) is 5.75 Å². The zero-order valence-electron chi connectivity index (χ0n) is 13.6. The zero-order valence-corrected chi connectivity index (χ0v) is 13.6. The molecular formula is C18H23NO3. The summed E-state index contributed by atoms with van der Waals surface area (Å²) >= 11 is 0. The van der Waals surface area contributed by atoms with Crippen molar-refractivity contribution in [2.24, 2.45) is 0 Å². The number of amides is 1. The quantitative estimate of drug-likeness (QED) is 0.877. The third kappa shape index (κ3) is 3.07.